The number of para-hydroxylation sites is 1. The number of carboxylic acid groups (broad SMARTS) is 1. The maximum atomic E-state index is 13.1. The number of benzene rings is 4. The van der Waals surface area contributed by atoms with Gasteiger partial charge >= 0.3 is 11.7 Å². The zero-order chi connectivity index (χ0) is 30.3. The number of aromatic nitrogens is 3. The Kier molecular flexibility index (Phi) is 8.39. The number of anilines is 1. The van der Waals surface area contributed by atoms with Gasteiger partial charge in [0.1, 0.15) is 24.5 Å². The van der Waals surface area contributed by atoms with Gasteiger partial charge in [0.2, 0.25) is 0 Å². The zero-order valence-corrected chi connectivity index (χ0v) is 23.3. The van der Waals surface area contributed by atoms with Gasteiger partial charge in [0, 0.05) is 11.8 Å². The Balaban J connectivity index is 1.56. The molecule has 3 N–H and O–H groups in total. The summed E-state index contributed by atoms with van der Waals surface area (Å²) in [6.07, 6.45) is 0. The quantitative estimate of drug-likeness (QED) is 0.198. The molecule has 1 atom stereocenters. The molecule has 1 unspecified atom stereocenters. The molecule has 0 saturated carbocycles. The van der Waals surface area contributed by atoms with Crippen molar-refractivity contribution in [1.29, 1.82) is 5.26 Å². The molecule has 0 aliphatic rings. The van der Waals surface area contributed by atoms with Gasteiger partial charge in [-0.15, -0.1) is 5.10 Å². The van der Waals surface area contributed by atoms with Gasteiger partial charge in [-0.25, -0.2) is 9.59 Å². The minimum atomic E-state index is -1.19. The highest BCUT2D eigenvalue weighted by atomic mass is 16.5. The van der Waals surface area contributed by atoms with Gasteiger partial charge in [-0.05, 0) is 47.5 Å². The molecule has 1 aromatic heterocycles. The monoisotopic (exact) mass is 577 g/mol. The van der Waals surface area contributed by atoms with E-state index in [1.807, 2.05) is 30.3 Å². The smallest absolute Gasteiger partial charge is 0.348 e. The normalized spacial score (nSPS) is 11.3. The van der Waals surface area contributed by atoms with E-state index in [9.17, 15) is 20.0 Å². The van der Waals surface area contributed by atoms with E-state index >= 15 is 0 Å². The van der Waals surface area contributed by atoms with Gasteiger partial charge in [0.15, 0.2) is 17.3 Å². The average molecular weight is 578 g/mol. The second kappa shape index (κ2) is 12.7. The fourth-order valence-electron chi connectivity index (χ4n) is 4.54. The van der Waals surface area contributed by atoms with E-state index in [0.717, 1.165) is 10.2 Å². The van der Waals surface area contributed by atoms with Crippen LogP contribution in [0.3, 0.4) is 0 Å². The van der Waals surface area contributed by atoms with Gasteiger partial charge in [0.25, 0.3) is 0 Å². The van der Waals surface area contributed by atoms with Crippen molar-refractivity contribution in [2.24, 2.45) is 0 Å². The number of carboxylic acids is 1. The SMILES string of the molecule is COc1ccc(C(Nc2ccc(C#N)c(OCc3ccccc3)c2)c2nn(-c3ccccc3C(=O)O)c(=O)[nH]2)cc1OC. The third kappa shape index (κ3) is 6.18. The molecule has 216 valence electrons. The minimum Gasteiger partial charge on any atom is -0.493 e. The highest BCUT2D eigenvalue weighted by Gasteiger charge is 2.24. The van der Waals surface area contributed by atoms with Crippen LogP contribution in [-0.2, 0) is 6.61 Å². The summed E-state index contributed by atoms with van der Waals surface area (Å²) in [4.78, 5) is 27.7. The molecule has 5 aromatic rings. The fourth-order valence-corrected chi connectivity index (χ4v) is 4.54. The van der Waals surface area contributed by atoms with Crippen LogP contribution < -0.4 is 25.2 Å². The van der Waals surface area contributed by atoms with Gasteiger partial charge < -0.3 is 24.6 Å². The minimum absolute atomic E-state index is 0.0782. The summed E-state index contributed by atoms with van der Waals surface area (Å²) in [5.74, 6) is 0.346. The highest BCUT2D eigenvalue weighted by Crippen LogP contribution is 2.34. The van der Waals surface area contributed by atoms with E-state index in [1.54, 1.807) is 48.5 Å². The molecule has 0 fully saturated rings. The third-order valence-electron chi connectivity index (χ3n) is 6.66. The molecule has 11 heteroatoms. The Morgan fingerprint density at radius 1 is 0.977 bits per heavy atom. The van der Waals surface area contributed by atoms with E-state index in [1.165, 1.54) is 26.4 Å². The predicted octanol–water partition coefficient (Wildman–Crippen LogP) is 4.93. The van der Waals surface area contributed by atoms with Crippen molar-refractivity contribution in [3.63, 3.8) is 0 Å². The molecule has 0 aliphatic heterocycles. The Morgan fingerprint density at radius 3 is 2.44 bits per heavy atom. The summed E-state index contributed by atoms with van der Waals surface area (Å²) in [6, 6.07) is 27.4. The van der Waals surface area contributed by atoms with Crippen LogP contribution in [0.15, 0.2) is 95.8 Å². The summed E-state index contributed by atoms with van der Waals surface area (Å²) in [7, 11) is 3.04. The van der Waals surface area contributed by atoms with Crippen LogP contribution in [0.5, 0.6) is 17.2 Å². The molecule has 5 rings (SSSR count). The maximum Gasteiger partial charge on any atom is 0.348 e. The molecular weight excluding hydrogens is 550 g/mol. The van der Waals surface area contributed by atoms with Crippen LogP contribution in [0.1, 0.15) is 38.9 Å². The van der Waals surface area contributed by atoms with Crippen LogP contribution in [0.2, 0.25) is 0 Å². The Morgan fingerprint density at radius 2 is 1.72 bits per heavy atom. The van der Waals surface area contributed by atoms with Crippen LogP contribution >= 0.6 is 0 Å². The first-order valence-electron chi connectivity index (χ1n) is 13.1. The number of methoxy groups -OCH3 is 2. The molecule has 0 saturated heterocycles. The van der Waals surface area contributed by atoms with Gasteiger partial charge in [-0.1, -0.05) is 48.5 Å². The van der Waals surface area contributed by atoms with Crippen molar-refractivity contribution in [3.8, 4) is 29.0 Å². The molecule has 0 amide bonds. The number of H-pyrrole nitrogens is 1. The second-order valence-electron chi connectivity index (χ2n) is 9.34. The van der Waals surface area contributed by atoms with Crippen molar-refractivity contribution >= 4 is 11.7 Å². The average Bonchev–Trinajstić information content (AvgIpc) is 3.43. The van der Waals surface area contributed by atoms with E-state index in [-0.39, 0.29) is 23.7 Å². The van der Waals surface area contributed by atoms with Gasteiger partial charge in [-0.3, -0.25) is 4.98 Å². The lowest BCUT2D eigenvalue weighted by Crippen LogP contribution is -2.18. The second-order valence-corrected chi connectivity index (χ2v) is 9.34. The molecule has 0 bridgehead atoms. The lowest BCUT2D eigenvalue weighted by Gasteiger charge is -2.20. The number of ether oxygens (including phenoxy) is 3. The molecular formula is C32H27N5O6. The summed E-state index contributed by atoms with van der Waals surface area (Å²) in [6.45, 7) is 0.263. The first-order chi connectivity index (χ1) is 20.9. The molecule has 0 aliphatic carbocycles. The van der Waals surface area contributed by atoms with Crippen molar-refractivity contribution in [2.45, 2.75) is 12.6 Å². The number of aromatic amines is 1. The Labute approximate surface area is 246 Å². The maximum absolute atomic E-state index is 13.1. The number of nitrogens with zero attached hydrogens (tertiary/aromatic N) is 3. The van der Waals surface area contributed by atoms with E-state index in [4.69, 9.17) is 14.2 Å². The summed E-state index contributed by atoms with van der Waals surface area (Å²) in [5, 5.41) is 27.2. The lowest BCUT2D eigenvalue weighted by molar-refractivity contribution is 0.0696. The number of hydrogen-bond acceptors (Lipinski definition) is 8. The summed E-state index contributed by atoms with van der Waals surface area (Å²) in [5.41, 5.74) is 1.94. The first-order valence-corrected chi connectivity index (χ1v) is 13.1. The zero-order valence-electron chi connectivity index (χ0n) is 23.3. The number of nitriles is 1. The van der Waals surface area contributed by atoms with Crippen LogP contribution in [-0.4, -0.2) is 40.1 Å². The number of nitrogens with one attached hydrogen (secondary N) is 2. The van der Waals surface area contributed by atoms with Gasteiger partial charge in [-0.2, -0.15) is 9.94 Å². The van der Waals surface area contributed by atoms with Crippen LogP contribution in [0, 0.1) is 11.3 Å². The number of rotatable bonds is 11. The van der Waals surface area contributed by atoms with Crippen molar-refractivity contribution in [2.75, 3.05) is 19.5 Å². The number of aromatic carboxylic acids is 1. The number of carbonyl (C=O) groups is 1. The third-order valence-corrected chi connectivity index (χ3v) is 6.66. The summed E-state index contributed by atoms with van der Waals surface area (Å²) >= 11 is 0. The van der Waals surface area contributed by atoms with E-state index < -0.39 is 17.7 Å². The number of hydrogen-bond donors (Lipinski definition) is 3. The predicted molar refractivity (Wildman–Crippen MR) is 158 cm³/mol. The Hall–Kier alpha value is -6.02. The van der Waals surface area contributed by atoms with E-state index in [2.05, 4.69) is 21.5 Å². The first kappa shape index (κ1) is 28.5. The van der Waals surface area contributed by atoms with Gasteiger partial charge in [0.05, 0.1) is 31.0 Å². The molecule has 11 nitrogen and oxygen atoms in total. The van der Waals surface area contributed by atoms with Crippen LogP contribution in [0.25, 0.3) is 5.69 Å². The topological polar surface area (TPSA) is 151 Å². The highest BCUT2D eigenvalue weighted by molar-refractivity contribution is 5.91. The molecule has 43 heavy (non-hydrogen) atoms. The summed E-state index contributed by atoms with van der Waals surface area (Å²) < 4.78 is 17.9. The van der Waals surface area contributed by atoms with Crippen molar-refractivity contribution in [3.05, 3.63) is 130 Å². The van der Waals surface area contributed by atoms with E-state index in [0.29, 0.717) is 34.1 Å². The largest absolute Gasteiger partial charge is 0.493 e. The Bertz CT molecular complexity index is 1860. The standard InChI is InChI=1S/C32H27N5O6/c1-41-26-15-13-21(16-28(26)42-2)29(30-35-32(40)37(36-30)25-11-7-6-10-24(25)31(38)39)34-23-14-12-22(18-33)27(17-23)43-19-20-8-4-3-5-9-20/h3-17,29,34H,19H2,1-2H3,(H,38,39)(H,35,36,40). The molecule has 0 spiro atoms. The lowest BCUT2D eigenvalue weighted by atomic mass is 10.0. The van der Waals surface area contributed by atoms with Crippen LogP contribution in [0.4, 0.5) is 5.69 Å². The molecule has 1 heterocycles. The molecule has 0 radical (unpaired) electrons. The molecule has 4 aromatic carbocycles. The van der Waals surface area contributed by atoms with Crippen molar-refractivity contribution in [1.82, 2.24) is 14.8 Å². The fraction of sp³-hybridized carbons (Fsp3) is 0.125. The van der Waals surface area contributed by atoms with Crippen molar-refractivity contribution < 1.29 is 24.1 Å².